The molecular formula is C40H78O5S2. The standard InChI is InChI=1S/C40H78O5S2/c1-3-5-7-9-11-13-15-17-19-21-23-25-27-29-31-33-35-46-37(38(41)42)40(45,39(43)44)47-36-34-32-30-28-26-24-22-20-18-16-14-12-10-8-6-4-2/h37,45H,3-36H2,1-2H3,(H,41,42)(H,43,44). The van der Waals surface area contributed by atoms with Crippen LogP contribution in [0.4, 0.5) is 0 Å². The Bertz CT molecular complexity index is 692. The smallest absolute Gasteiger partial charge is 0.348 e. The van der Waals surface area contributed by atoms with Crippen molar-refractivity contribution in [3.05, 3.63) is 0 Å². The normalized spacial score (nSPS) is 13.5. The predicted molar refractivity (Wildman–Crippen MR) is 208 cm³/mol. The Morgan fingerprint density at radius 3 is 0.957 bits per heavy atom. The van der Waals surface area contributed by atoms with Crippen molar-refractivity contribution in [3.63, 3.8) is 0 Å². The van der Waals surface area contributed by atoms with E-state index in [0.717, 1.165) is 62.0 Å². The maximum absolute atomic E-state index is 12.0. The third-order valence-corrected chi connectivity index (χ3v) is 12.4. The second kappa shape index (κ2) is 35.4. The van der Waals surface area contributed by atoms with Crippen molar-refractivity contribution >= 4 is 35.5 Å². The number of thioether (sulfide) groups is 2. The van der Waals surface area contributed by atoms with Gasteiger partial charge in [0.25, 0.3) is 0 Å². The molecule has 7 heteroatoms. The van der Waals surface area contributed by atoms with Crippen LogP contribution in [0.3, 0.4) is 0 Å². The number of carbonyl (C=O) groups is 2. The molecule has 47 heavy (non-hydrogen) atoms. The fourth-order valence-corrected chi connectivity index (χ4v) is 8.85. The van der Waals surface area contributed by atoms with E-state index in [4.69, 9.17) is 0 Å². The lowest BCUT2D eigenvalue weighted by molar-refractivity contribution is -0.155. The maximum Gasteiger partial charge on any atom is 0.348 e. The third-order valence-electron chi connectivity index (χ3n) is 9.49. The summed E-state index contributed by atoms with van der Waals surface area (Å²) in [7, 11) is 0. The zero-order valence-electron chi connectivity index (χ0n) is 31.1. The van der Waals surface area contributed by atoms with Crippen LogP contribution in [-0.4, -0.2) is 48.9 Å². The van der Waals surface area contributed by atoms with Crippen molar-refractivity contribution in [2.24, 2.45) is 0 Å². The average molecular weight is 703 g/mol. The van der Waals surface area contributed by atoms with Gasteiger partial charge < -0.3 is 15.3 Å². The zero-order chi connectivity index (χ0) is 34.7. The van der Waals surface area contributed by atoms with E-state index in [9.17, 15) is 24.9 Å². The quantitative estimate of drug-likeness (QED) is 0.0433. The number of aliphatic hydroxyl groups is 1. The van der Waals surface area contributed by atoms with Gasteiger partial charge in [-0.2, -0.15) is 0 Å². The summed E-state index contributed by atoms with van der Waals surface area (Å²) in [5.74, 6) is -1.66. The highest BCUT2D eigenvalue weighted by Gasteiger charge is 2.49. The molecule has 0 heterocycles. The Balaban J connectivity index is 3.86. The molecule has 0 aromatic carbocycles. The minimum Gasteiger partial charge on any atom is -0.480 e. The summed E-state index contributed by atoms with van der Waals surface area (Å²) in [6.07, 6.45) is 40.9. The van der Waals surface area contributed by atoms with Crippen molar-refractivity contribution in [3.8, 4) is 0 Å². The van der Waals surface area contributed by atoms with E-state index >= 15 is 0 Å². The summed E-state index contributed by atoms with van der Waals surface area (Å²) in [5, 5.41) is 29.1. The first-order valence-electron chi connectivity index (χ1n) is 20.3. The van der Waals surface area contributed by atoms with E-state index in [1.54, 1.807) is 0 Å². The van der Waals surface area contributed by atoms with Crippen LogP contribution in [0.25, 0.3) is 0 Å². The van der Waals surface area contributed by atoms with Crippen LogP contribution < -0.4 is 0 Å². The number of hydrogen-bond acceptors (Lipinski definition) is 5. The summed E-state index contributed by atoms with van der Waals surface area (Å²) in [6, 6.07) is 0. The van der Waals surface area contributed by atoms with Crippen molar-refractivity contribution in [2.75, 3.05) is 11.5 Å². The van der Waals surface area contributed by atoms with Crippen LogP contribution in [0.15, 0.2) is 0 Å². The first-order chi connectivity index (χ1) is 22.9. The van der Waals surface area contributed by atoms with Crippen LogP contribution in [0.2, 0.25) is 0 Å². The molecule has 0 saturated heterocycles. The van der Waals surface area contributed by atoms with Gasteiger partial charge in [-0.25, -0.2) is 4.79 Å². The second-order valence-electron chi connectivity index (χ2n) is 14.0. The van der Waals surface area contributed by atoms with E-state index in [-0.39, 0.29) is 0 Å². The first-order valence-corrected chi connectivity index (χ1v) is 22.4. The largest absolute Gasteiger partial charge is 0.480 e. The molecule has 0 fully saturated rings. The number of unbranched alkanes of at least 4 members (excludes halogenated alkanes) is 30. The molecule has 0 aromatic rings. The van der Waals surface area contributed by atoms with Gasteiger partial charge in [0.05, 0.1) is 0 Å². The van der Waals surface area contributed by atoms with Gasteiger partial charge in [0, 0.05) is 0 Å². The Hall–Kier alpha value is -0.400. The van der Waals surface area contributed by atoms with E-state index in [0.29, 0.717) is 11.5 Å². The van der Waals surface area contributed by atoms with Crippen LogP contribution in [-0.2, 0) is 9.59 Å². The van der Waals surface area contributed by atoms with Gasteiger partial charge in [-0.15, -0.1) is 23.5 Å². The van der Waals surface area contributed by atoms with Crippen molar-refractivity contribution in [1.82, 2.24) is 0 Å². The minimum absolute atomic E-state index is 0.463. The monoisotopic (exact) mass is 703 g/mol. The van der Waals surface area contributed by atoms with Crippen molar-refractivity contribution in [1.29, 1.82) is 0 Å². The number of rotatable bonds is 39. The predicted octanol–water partition coefficient (Wildman–Crippen LogP) is 13.2. The second-order valence-corrected chi connectivity index (χ2v) is 16.6. The summed E-state index contributed by atoms with van der Waals surface area (Å²) in [4.78, 5) is 21.7. The Morgan fingerprint density at radius 1 is 0.447 bits per heavy atom. The maximum atomic E-state index is 12.0. The van der Waals surface area contributed by atoms with Crippen LogP contribution in [0.1, 0.15) is 219 Å². The topological polar surface area (TPSA) is 94.8 Å². The molecule has 3 N–H and O–H groups in total. The SMILES string of the molecule is CCCCCCCCCCCCCCCCCCSC(C(=O)O)C(O)(SCCCCCCCCCCCCCCCCCC)C(=O)O. The molecule has 0 rings (SSSR count). The van der Waals surface area contributed by atoms with Gasteiger partial charge in [-0.3, -0.25) is 4.79 Å². The molecule has 0 spiro atoms. The molecule has 0 radical (unpaired) electrons. The van der Waals surface area contributed by atoms with E-state index in [1.165, 1.54) is 167 Å². The lowest BCUT2D eigenvalue weighted by atomic mass is 10.0. The highest BCUT2D eigenvalue weighted by molar-refractivity contribution is 8.05. The lowest BCUT2D eigenvalue weighted by Crippen LogP contribution is -2.49. The molecule has 0 aliphatic heterocycles. The molecule has 0 amide bonds. The molecule has 2 unspecified atom stereocenters. The molecule has 0 bridgehead atoms. The summed E-state index contributed by atoms with van der Waals surface area (Å²) < 4.78 is 0. The minimum atomic E-state index is -2.29. The lowest BCUT2D eigenvalue weighted by Gasteiger charge is -2.28. The number of aliphatic carboxylic acids is 2. The fraction of sp³-hybridized carbons (Fsp3) is 0.950. The van der Waals surface area contributed by atoms with E-state index in [2.05, 4.69) is 13.8 Å². The van der Waals surface area contributed by atoms with Crippen LogP contribution in [0.5, 0.6) is 0 Å². The summed E-state index contributed by atoms with van der Waals surface area (Å²) in [5.41, 5.74) is 0. The summed E-state index contributed by atoms with van der Waals surface area (Å²) in [6.45, 7) is 4.53. The van der Waals surface area contributed by atoms with E-state index < -0.39 is 22.1 Å². The molecule has 280 valence electrons. The molecule has 0 aromatic heterocycles. The zero-order valence-corrected chi connectivity index (χ0v) is 32.7. The van der Waals surface area contributed by atoms with Gasteiger partial charge in [0.15, 0.2) is 5.25 Å². The third kappa shape index (κ3) is 29.1. The highest BCUT2D eigenvalue weighted by atomic mass is 32.2. The Kier molecular flexibility index (Phi) is 35.1. The Morgan fingerprint density at radius 2 is 0.702 bits per heavy atom. The Labute approximate surface area is 300 Å². The van der Waals surface area contributed by atoms with Crippen molar-refractivity contribution < 1.29 is 24.9 Å². The number of hydrogen-bond donors (Lipinski definition) is 3. The van der Waals surface area contributed by atoms with Gasteiger partial charge in [-0.1, -0.05) is 206 Å². The first kappa shape index (κ1) is 46.6. The molecule has 0 aliphatic rings. The van der Waals surface area contributed by atoms with Gasteiger partial charge >= 0.3 is 11.9 Å². The van der Waals surface area contributed by atoms with Crippen molar-refractivity contribution in [2.45, 2.75) is 229 Å². The number of carboxylic acid groups (broad SMARTS) is 2. The molecule has 0 aliphatic carbocycles. The fourth-order valence-electron chi connectivity index (χ4n) is 6.33. The van der Waals surface area contributed by atoms with E-state index in [1.807, 2.05) is 0 Å². The van der Waals surface area contributed by atoms with Crippen LogP contribution in [0, 0.1) is 0 Å². The molecular weight excluding hydrogens is 625 g/mol. The molecule has 0 saturated carbocycles. The highest BCUT2D eigenvalue weighted by Crippen LogP contribution is 2.36. The average Bonchev–Trinajstić information content (AvgIpc) is 3.05. The van der Waals surface area contributed by atoms with Gasteiger partial charge in [-0.05, 0) is 24.3 Å². The van der Waals surface area contributed by atoms with Gasteiger partial charge in [0.1, 0.15) is 0 Å². The molecule has 5 nitrogen and oxygen atoms in total. The summed E-state index contributed by atoms with van der Waals surface area (Å²) >= 11 is 1.99. The van der Waals surface area contributed by atoms with Gasteiger partial charge in [0.2, 0.25) is 4.93 Å². The van der Waals surface area contributed by atoms with Crippen LogP contribution >= 0.6 is 23.5 Å². The molecule has 2 atom stereocenters. The number of carboxylic acids is 2.